The Balaban J connectivity index is 2.41. The van der Waals surface area contributed by atoms with Gasteiger partial charge in [-0.15, -0.1) is 0 Å². The molecule has 1 rings (SSSR count). The van der Waals surface area contributed by atoms with E-state index in [1.54, 1.807) is 0 Å². The molecule has 0 aromatic carbocycles. The Hall–Kier alpha value is -0.570. The Morgan fingerprint density at radius 1 is 1.44 bits per heavy atom. The van der Waals surface area contributed by atoms with E-state index in [9.17, 15) is 4.79 Å². The molecule has 3 heteroatoms. The van der Waals surface area contributed by atoms with Crippen LogP contribution in [0.5, 0.6) is 0 Å². The van der Waals surface area contributed by atoms with Crippen LogP contribution < -0.4 is 11.1 Å². The van der Waals surface area contributed by atoms with Crippen molar-refractivity contribution in [2.75, 3.05) is 0 Å². The lowest BCUT2D eigenvalue weighted by Gasteiger charge is -2.28. The average molecular weight is 226 g/mol. The Morgan fingerprint density at radius 3 is 2.38 bits per heavy atom. The standard InChI is InChI=1S/C13H26N2O/c1-5-10(8-9-6-7-9)15-12(16)11(14)13(2,3)4/h9-11H,5-8,14H2,1-4H3,(H,15,16). The summed E-state index contributed by atoms with van der Waals surface area (Å²) in [6.07, 6.45) is 4.79. The van der Waals surface area contributed by atoms with Gasteiger partial charge in [0.25, 0.3) is 0 Å². The first-order valence-corrected chi connectivity index (χ1v) is 6.40. The summed E-state index contributed by atoms with van der Waals surface area (Å²) in [5, 5.41) is 3.08. The van der Waals surface area contributed by atoms with Crippen LogP contribution in [-0.4, -0.2) is 18.0 Å². The molecule has 1 saturated carbocycles. The second-order valence-electron chi connectivity index (χ2n) is 6.14. The van der Waals surface area contributed by atoms with Crippen molar-refractivity contribution >= 4 is 5.91 Å². The minimum absolute atomic E-state index is 0.000000000000000222. The number of nitrogens with one attached hydrogen (secondary N) is 1. The molecule has 1 fully saturated rings. The van der Waals surface area contributed by atoms with Crippen molar-refractivity contribution < 1.29 is 4.79 Å². The smallest absolute Gasteiger partial charge is 0.237 e. The molecule has 3 nitrogen and oxygen atoms in total. The van der Waals surface area contributed by atoms with Crippen LogP contribution in [0.1, 0.15) is 53.4 Å². The van der Waals surface area contributed by atoms with Crippen LogP contribution in [-0.2, 0) is 4.79 Å². The van der Waals surface area contributed by atoms with Crippen molar-refractivity contribution in [3.8, 4) is 0 Å². The molecule has 16 heavy (non-hydrogen) atoms. The van der Waals surface area contributed by atoms with Gasteiger partial charge in [-0.1, -0.05) is 40.5 Å². The van der Waals surface area contributed by atoms with Gasteiger partial charge in [-0.2, -0.15) is 0 Å². The van der Waals surface area contributed by atoms with Gasteiger partial charge in [0.15, 0.2) is 0 Å². The Labute approximate surface area is 99.2 Å². The van der Waals surface area contributed by atoms with Crippen LogP contribution in [0.2, 0.25) is 0 Å². The van der Waals surface area contributed by atoms with E-state index in [4.69, 9.17) is 5.73 Å². The van der Waals surface area contributed by atoms with Gasteiger partial charge in [-0.05, 0) is 24.2 Å². The molecule has 0 heterocycles. The summed E-state index contributed by atoms with van der Waals surface area (Å²) in [7, 11) is 0. The molecular weight excluding hydrogens is 200 g/mol. The topological polar surface area (TPSA) is 55.1 Å². The van der Waals surface area contributed by atoms with Crippen molar-refractivity contribution in [1.82, 2.24) is 5.32 Å². The molecule has 0 saturated heterocycles. The quantitative estimate of drug-likeness (QED) is 0.754. The van der Waals surface area contributed by atoms with Crippen LogP contribution in [0, 0.1) is 11.3 Å². The Kier molecular flexibility index (Phi) is 4.36. The first-order valence-electron chi connectivity index (χ1n) is 6.40. The van der Waals surface area contributed by atoms with Crippen LogP contribution in [0.15, 0.2) is 0 Å². The third kappa shape index (κ3) is 4.12. The van der Waals surface area contributed by atoms with Crippen LogP contribution >= 0.6 is 0 Å². The van der Waals surface area contributed by atoms with Gasteiger partial charge in [0.1, 0.15) is 0 Å². The number of hydrogen-bond donors (Lipinski definition) is 2. The zero-order chi connectivity index (χ0) is 12.3. The second kappa shape index (κ2) is 5.17. The maximum atomic E-state index is 11.9. The number of carbonyl (C=O) groups is 1. The van der Waals surface area contributed by atoms with Crippen LogP contribution in [0.4, 0.5) is 0 Å². The lowest BCUT2D eigenvalue weighted by molar-refractivity contribution is -0.125. The molecule has 2 atom stereocenters. The van der Waals surface area contributed by atoms with Gasteiger partial charge in [0.2, 0.25) is 5.91 Å². The van der Waals surface area contributed by atoms with Gasteiger partial charge in [0.05, 0.1) is 6.04 Å². The Morgan fingerprint density at radius 2 is 2.00 bits per heavy atom. The lowest BCUT2D eigenvalue weighted by Crippen LogP contribution is -2.51. The molecule has 0 aromatic rings. The van der Waals surface area contributed by atoms with E-state index in [0.717, 1.165) is 18.8 Å². The highest BCUT2D eigenvalue weighted by molar-refractivity contribution is 5.82. The molecule has 0 radical (unpaired) electrons. The largest absolute Gasteiger partial charge is 0.352 e. The third-order valence-corrected chi connectivity index (χ3v) is 3.37. The molecular formula is C13H26N2O. The Bertz CT molecular complexity index is 241. The summed E-state index contributed by atoms with van der Waals surface area (Å²) in [5.41, 5.74) is 5.77. The highest BCUT2D eigenvalue weighted by Gasteiger charge is 2.30. The van der Waals surface area contributed by atoms with Gasteiger partial charge >= 0.3 is 0 Å². The molecule has 1 amide bonds. The average Bonchev–Trinajstić information content (AvgIpc) is 2.97. The van der Waals surface area contributed by atoms with E-state index < -0.39 is 6.04 Å². The van der Waals surface area contributed by atoms with Crippen LogP contribution in [0.25, 0.3) is 0 Å². The normalized spacial score (nSPS) is 20.3. The lowest BCUT2D eigenvalue weighted by atomic mass is 9.86. The molecule has 0 aromatic heterocycles. The van der Waals surface area contributed by atoms with E-state index in [-0.39, 0.29) is 11.3 Å². The van der Waals surface area contributed by atoms with E-state index >= 15 is 0 Å². The molecule has 0 bridgehead atoms. The number of nitrogens with two attached hydrogens (primary N) is 1. The summed E-state index contributed by atoms with van der Waals surface area (Å²) in [5.74, 6) is 0.844. The highest BCUT2D eigenvalue weighted by atomic mass is 16.2. The third-order valence-electron chi connectivity index (χ3n) is 3.37. The van der Waals surface area contributed by atoms with Gasteiger partial charge < -0.3 is 11.1 Å². The molecule has 94 valence electrons. The molecule has 1 aliphatic carbocycles. The van der Waals surface area contributed by atoms with E-state index in [0.29, 0.717) is 6.04 Å². The van der Waals surface area contributed by atoms with Crippen molar-refractivity contribution in [2.45, 2.75) is 65.5 Å². The monoisotopic (exact) mass is 226 g/mol. The number of carbonyl (C=O) groups excluding carboxylic acids is 1. The first-order chi connectivity index (χ1) is 7.34. The maximum Gasteiger partial charge on any atom is 0.237 e. The molecule has 1 aliphatic rings. The number of amides is 1. The van der Waals surface area contributed by atoms with Gasteiger partial charge in [-0.25, -0.2) is 0 Å². The van der Waals surface area contributed by atoms with Crippen molar-refractivity contribution in [3.63, 3.8) is 0 Å². The maximum absolute atomic E-state index is 11.9. The number of hydrogen-bond acceptors (Lipinski definition) is 2. The van der Waals surface area contributed by atoms with Crippen molar-refractivity contribution in [2.24, 2.45) is 17.1 Å². The van der Waals surface area contributed by atoms with E-state index in [2.05, 4.69) is 12.2 Å². The van der Waals surface area contributed by atoms with Crippen LogP contribution in [0.3, 0.4) is 0 Å². The van der Waals surface area contributed by atoms with Gasteiger partial charge in [0, 0.05) is 6.04 Å². The number of rotatable bonds is 5. The molecule has 0 spiro atoms. The molecule has 2 unspecified atom stereocenters. The van der Waals surface area contributed by atoms with Gasteiger partial charge in [-0.3, -0.25) is 4.79 Å². The second-order valence-corrected chi connectivity index (χ2v) is 6.14. The van der Waals surface area contributed by atoms with E-state index in [1.807, 2.05) is 20.8 Å². The van der Waals surface area contributed by atoms with E-state index in [1.165, 1.54) is 12.8 Å². The zero-order valence-corrected chi connectivity index (χ0v) is 11.0. The summed E-state index contributed by atoms with van der Waals surface area (Å²) in [6.45, 7) is 8.12. The fraction of sp³-hybridized carbons (Fsp3) is 0.923. The summed E-state index contributed by atoms with van der Waals surface area (Å²) in [4.78, 5) is 11.9. The first kappa shape index (κ1) is 13.5. The van der Waals surface area contributed by atoms with Crippen molar-refractivity contribution in [1.29, 1.82) is 0 Å². The fourth-order valence-corrected chi connectivity index (χ4v) is 1.77. The predicted molar refractivity (Wildman–Crippen MR) is 67.0 cm³/mol. The highest BCUT2D eigenvalue weighted by Crippen LogP contribution is 2.34. The summed E-state index contributed by atoms with van der Waals surface area (Å²) < 4.78 is 0. The van der Waals surface area contributed by atoms with Crippen molar-refractivity contribution in [3.05, 3.63) is 0 Å². The minimum Gasteiger partial charge on any atom is -0.352 e. The minimum atomic E-state index is -0.416. The zero-order valence-electron chi connectivity index (χ0n) is 11.0. The SMILES string of the molecule is CCC(CC1CC1)NC(=O)C(N)C(C)(C)C. The molecule has 3 N–H and O–H groups in total. The predicted octanol–water partition coefficient (Wildman–Crippen LogP) is 2.05. The summed E-state index contributed by atoms with van der Waals surface area (Å²) >= 11 is 0. The molecule has 0 aliphatic heterocycles. The summed E-state index contributed by atoms with van der Waals surface area (Å²) in [6, 6.07) is -0.103. The fourth-order valence-electron chi connectivity index (χ4n) is 1.77.